The van der Waals surface area contributed by atoms with Crippen LogP contribution in [0.15, 0.2) is 89.8 Å². The average molecular weight is 528 g/mol. The van der Waals surface area contributed by atoms with E-state index in [1.165, 1.54) is 17.0 Å². The van der Waals surface area contributed by atoms with Crippen LogP contribution in [-0.4, -0.2) is 44.3 Å². The fraction of sp³-hybridized carbons (Fsp3) is 0.259. The maximum Gasteiger partial charge on any atom is 0.264 e. The van der Waals surface area contributed by atoms with Crippen molar-refractivity contribution in [1.29, 1.82) is 0 Å². The van der Waals surface area contributed by atoms with Crippen LogP contribution < -0.4 is 9.62 Å². The number of sulfonamides is 1. The van der Waals surface area contributed by atoms with Crippen LogP contribution in [0.3, 0.4) is 0 Å². The molecule has 2 amide bonds. The predicted molar refractivity (Wildman–Crippen MR) is 142 cm³/mol. The van der Waals surface area contributed by atoms with Crippen LogP contribution >= 0.6 is 11.6 Å². The Morgan fingerprint density at radius 2 is 1.47 bits per heavy atom. The van der Waals surface area contributed by atoms with Crippen LogP contribution in [0.25, 0.3) is 0 Å². The molecule has 9 heteroatoms. The number of hydrogen-bond acceptors (Lipinski definition) is 4. The first-order valence-corrected chi connectivity index (χ1v) is 13.5. The van der Waals surface area contributed by atoms with E-state index in [2.05, 4.69) is 5.32 Å². The molecule has 0 spiro atoms. The molecular weight excluding hydrogens is 498 g/mol. The summed E-state index contributed by atoms with van der Waals surface area (Å²) >= 11 is 6.03. The van der Waals surface area contributed by atoms with Gasteiger partial charge in [-0.25, -0.2) is 8.42 Å². The number of likely N-dealkylation sites (N-methyl/N-ethyl adjacent to an activating group) is 1. The van der Waals surface area contributed by atoms with Gasteiger partial charge in [0.25, 0.3) is 10.0 Å². The summed E-state index contributed by atoms with van der Waals surface area (Å²) in [5.41, 5.74) is 1.12. The van der Waals surface area contributed by atoms with Crippen molar-refractivity contribution < 1.29 is 18.0 Å². The third-order valence-corrected chi connectivity index (χ3v) is 7.70. The maximum atomic E-state index is 13.8. The van der Waals surface area contributed by atoms with Crippen molar-refractivity contribution in [2.45, 2.75) is 37.8 Å². The molecule has 0 unspecified atom stereocenters. The van der Waals surface area contributed by atoms with Gasteiger partial charge in [0.15, 0.2) is 0 Å². The first-order valence-electron chi connectivity index (χ1n) is 11.7. The second-order valence-corrected chi connectivity index (χ2v) is 10.4. The second kappa shape index (κ2) is 12.6. The van der Waals surface area contributed by atoms with Gasteiger partial charge < -0.3 is 10.2 Å². The molecule has 0 aliphatic carbocycles. The highest BCUT2D eigenvalue weighted by Crippen LogP contribution is 2.26. The molecule has 0 saturated heterocycles. The molecule has 36 heavy (non-hydrogen) atoms. The van der Waals surface area contributed by atoms with Crippen LogP contribution in [0.4, 0.5) is 5.69 Å². The molecular formula is C27H30ClN3O4S. The number of nitrogens with zero attached hydrogens (tertiary/aromatic N) is 2. The summed E-state index contributed by atoms with van der Waals surface area (Å²) in [5.74, 6) is -0.778. The molecule has 0 fully saturated rings. The standard InChI is InChI=1S/C27H30ClN3O4S/c1-3-25(27(33)29-4-2)30(19-21-11-7-5-8-12-21)26(32)20-31(23-17-15-22(28)16-18-23)36(34,35)24-13-9-6-10-14-24/h5-18,25H,3-4,19-20H2,1-2H3,(H,29,33)/t25-/m0/s1. The number of carbonyl (C=O) groups is 2. The van der Waals surface area contributed by atoms with Gasteiger partial charge >= 0.3 is 0 Å². The van der Waals surface area contributed by atoms with Gasteiger partial charge in [-0.05, 0) is 55.3 Å². The van der Waals surface area contributed by atoms with E-state index in [1.807, 2.05) is 44.2 Å². The number of benzene rings is 3. The van der Waals surface area contributed by atoms with Gasteiger partial charge in [-0.2, -0.15) is 0 Å². The Hall–Kier alpha value is -3.36. The Balaban J connectivity index is 2.03. The van der Waals surface area contributed by atoms with E-state index in [-0.39, 0.29) is 17.3 Å². The molecule has 0 aliphatic rings. The predicted octanol–water partition coefficient (Wildman–Crippen LogP) is 4.48. The Labute approximate surface area is 217 Å². The highest BCUT2D eigenvalue weighted by Gasteiger charge is 2.33. The minimum atomic E-state index is -4.09. The fourth-order valence-electron chi connectivity index (χ4n) is 3.85. The zero-order valence-corrected chi connectivity index (χ0v) is 21.9. The summed E-state index contributed by atoms with van der Waals surface area (Å²) in [6.07, 6.45) is 0.372. The molecule has 0 bridgehead atoms. The minimum absolute atomic E-state index is 0.0538. The Morgan fingerprint density at radius 1 is 0.889 bits per heavy atom. The zero-order valence-electron chi connectivity index (χ0n) is 20.3. The van der Waals surface area contributed by atoms with E-state index in [9.17, 15) is 18.0 Å². The second-order valence-electron chi connectivity index (χ2n) is 8.13. The number of halogens is 1. The van der Waals surface area contributed by atoms with Crippen molar-refractivity contribution in [1.82, 2.24) is 10.2 Å². The first-order chi connectivity index (χ1) is 17.3. The third kappa shape index (κ3) is 6.65. The molecule has 0 saturated carbocycles. The number of rotatable bonds is 11. The molecule has 0 aromatic heterocycles. The topological polar surface area (TPSA) is 86.8 Å². The summed E-state index contributed by atoms with van der Waals surface area (Å²) in [5, 5.41) is 3.23. The summed E-state index contributed by atoms with van der Waals surface area (Å²) in [6, 6.07) is 22.7. The van der Waals surface area contributed by atoms with Crippen LogP contribution in [0.1, 0.15) is 25.8 Å². The summed E-state index contributed by atoms with van der Waals surface area (Å²) in [7, 11) is -4.09. The Bertz CT molecular complexity index is 1250. The van der Waals surface area contributed by atoms with Crippen LogP contribution in [0.5, 0.6) is 0 Å². The third-order valence-electron chi connectivity index (χ3n) is 5.66. The van der Waals surface area contributed by atoms with E-state index in [0.29, 0.717) is 23.7 Å². The lowest BCUT2D eigenvalue weighted by atomic mass is 10.1. The molecule has 1 N–H and O–H groups in total. The number of amides is 2. The van der Waals surface area contributed by atoms with E-state index in [0.717, 1.165) is 9.87 Å². The molecule has 0 aliphatic heterocycles. The zero-order chi connectivity index (χ0) is 26.1. The van der Waals surface area contributed by atoms with Gasteiger partial charge in [-0.3, -0.25) is 13.9 Å². The van der Waals surface area contributed by atoms with Crippen LogP contribution in [0.2, 0.25) is 5.02 Å². The lowest BCUT2D eigenvalue weighted by molar-refractivity contribution is -0.140. The highest BCUT2D eigenvalue weighted by atomic mass is 35.5. The lowest BCUT2D eigenvalue weighted by Gasteiger charge is -2.33. The van der Waals surface area contributed by atoms with E-state index in [1.54, 1.807) is 42.5 Å². The van der Waals surface area contributed by atoms with Crippen LogP contribution in [-0.2, 0) is 26.2 Å². The first kappa shape index (κ1) is 27.2. The van der Waals surface area contributed by atoms with E-state index < -0.39 is 28.5 Å². The largest absolute Gasteiger partial charge is 0.355 e. The highest BCUT2D eigenvalue weighted by molar-refractivity contribution is 7.92. The smallest absolute Gasteiger partial charge is 0.264 e. The van der Waals surface area contributed by atoms with Crippen molar-refractivity contribution in [2.24, 2.45) is 0 Å². The fourth-order valence-corrected chi connectivity index (χ4v) is 5.41. The quantitative estimate of drug-likeness (QED) is 0.398. The van der Waals surface area contributed by atoms with Crippen molar-refractivity contribution in [2.75, 3.05) is 17.4 Å². The Kier molecular flexibility index (Phi) is 9.50. The van der Waals surface area contributed by atoms with Gasteiger partial charge in [-0.1, -0.05) is 67.1 Å². The normalized spacial score (nSPS) is 12.0. The molecule has 190 valence electrons. The number of carbonyl (C=O) groups excluding carboxylic acids is 2. The van der Waals surface area contributed by atoms with Gasteiger partial charge in [0.2, 0.25) is 11.8 Å². The van der Waals surface area contributed by atoms with E-state index in [4.69, 9.17) is 11.6 Å². The monoisotopic (exact) mass is 527 g/mol. The average Bonchev–Trinajstić information content (AvgIpc) is 2.89. The van der Waals surface area contributed by atoms with Gasteiger partial charge in [0.05, 0.1) is 10.6 Å². The SMILES string of the molecule is CCNC(=O)[C@H](CC)N(Cc1ccccc1)C(=O)CN(c1ccc(Cl)cc1)S(=O)(=O)c1ccccc1. The van der Waals surface area contributed by atoms with Crippen molar-refractivity contribution in [3.8, 4) is 0 Å². The molecule has 3 rings (SSSR count). The number of nitrogens with one attached hydrogen (secondary N) is 1. The molecule has 1 atom stereocenters. The molecule has 0 radical (unpaired) electrons. The summed E-state index contributed by atoms with van der Waals surface area (Å²) in [4.78, 5) is 28.2. The number of anilines is 1. The van der Waals surface area contributed by atoms with Gasteiger partial charge in [0, 0.05) is 18.1 Å². The number of hydrogen-bond donors (Lipinski definition) is 1. The maximum absolute atomic E-state index is 13.8. The van der Waals surface area contributed by atoms with Crippen LogP contribution in [0, 0.1) is 0 Å². The molecule has 0 heterocycles. The lowest BCUT2D eigenvalue weighted by Crippen LogP contribution is -2.52. The van der Waals surface area contributed by atoms with Crippen molar-refractivity contribution >= 4 is 39.1 Å². The Morgan fingerprint density at radius 3 is 2.03 bits per heavy atom. The van der Waals surface area contributed by atoms with E-state index >= 15 is 0 Å². The summed E-state index contributed by atoms with van der Waals surface area (Å²) in [6.45, 7) is 3.73. The molecule has 3 aromatic carbocycles. The van der Waals surface area contributed by atoms with Crippen molar-refractivity contribution in [3.05, 3.63) is 95.5 Å². The minimum Gasteiger partial charge on any atom is -0.355 e. The van der Waals surface area contributed by atoms with Gasteiger partial charge in [0.1, 0.15) is 12.6 Å². The molecule has 3 aromatic rings. The van der Waals surface area contributed by atoms with Crippen molar-refractivity contribution in [3.63, 3.8) is 0 Å². The molecule has 7 nitrogen and oxygen atoms in total. The summed E-state index contributed by atoms with van der Waals surface area (Å²) < 4.78 is 28.4. The van der Waals surface area contributed by atoms with Gasteiger partial charge in [-0.15, -0.1) is 0 Å².